The van der Waals surface area contributed by atoms with E-state index in [-0.39, 0.29) is 0 Å². The number of hydrogen-bond acceptors (Lipinski definition) is 3. The molecule has 0 saturated carbocycles. The Morgan fingerprint density at radius 2 is 2.22 bits per heavy atom. The van der Waals surface area contributed by atoms with Crippen LogP contribution in [0.15, 0.2) is 27.6 Å². The van der Waals surface area contributed by atoms with Crippen LogP contribution in [-0.4, -0.2) is 26.0 Å². The van der Waals surface area contributed by atoms with Crippen molar-refractivity contribution in [2.45, 2.75) is 31.2 Å². The molecule has 0 fully saturated rings. The number of nitrogens with one attached hydrogen (secondary N) is 1. The molecule has 0 spiro atoms. The molecule has 2 nitrogen and oxygen atoms in total. The Labute approximate surface area is 123 Å². The van der Waals surface area contributed by atoms with E-state index < -0.39 is 0 Å². The van der Waals surface area contributed by atoms with Crippen molar-refractivity contribution < 1.29 is 4.74 Å². The van der Waals surface area contributed by atoms with Crippen molar-refractivity contribution in [1.29, 1.82) is 0 Å². The third-order valence-corrected chi connectivity index (χ3v) is 4.58. The average molecular weight is 332 g/mol. The molecule has 1 rings (SSSR count). The maximum absolute atomic E-state index is 5.05. The number of rotatable bonds is 9. The fraction of sp³-hybridized carbons (Fsp3) is 0.571. The van der Waals surface area contributed by atoms with Gasteiger partial charge in [-0.25, -0.2) is 0 Å². The van der Waals surface area contributed by atoms with Gasteiger partial charge in [0.25, 0.3) is 0 Å². The quantitative estimate of drug-likeness (QED) is 0.544. The second-order valence-corrected chi connectivity index (χ2v) is 6.13. The lowest BCUT2D eigenvalue weighted by atomic mass is 10.2. The molecule has 0 aromatic heterocycles. The SMILES string of the molecule is CCCNCc1ccc(SCCCOC)c(Br)c1. The number of methoxy groups -OCH3 is 1. The maximum atomic E-state index is 5.05. The highest BCUT2D eigenvalue weighted by Crippen LogP contribution is 2.28. The first-order valence-electron chi connectivity index (χ1n) is 6.38. The van der Waals surface area contributed by atoms with Gasteiger partial charge >= 0.3 is 0 Å². The Bertz CT molecular complexity index is 347. The zero-order valence-corrected chi connectivity index (χ0v) is 13.6. The van der Waals surface area contributed by atoms with Crippen LogP contribution in [0.3, 0.4) is 0 Å². The summed E-state index contributed by atoms with van der Waals surface area (Å²) in [6.07, 6.45) is 2.27. The highest BCUT2D eigenvalue weighted by molar-refractivity contribution is 9.10. The van der Waals surface area contributed by atoms with Crippen molar-refractivity contribution in [2.75, 3.05) is 26.0 Å². The van der Waals surface area contributed by atoms with Crippen molar-refractivity contribution in [3.63, 3.8) is 0 Å². The molecular weight excluding hydrogens is 310 g/mol. The van der Waals surface area contributed by atoms with E-state index in [4.69, 9.17) is 4.74 Å². The summed E-state index contributed by atoms with van der Waals surface area (Å²) in [6.45, 7) is 5.04. The van der Waals surface area contributed by atoms with E-state index in [0.717, 1.165) is 31.9 Å². The molecule has 1 aromatic carbocycles. The van der Waals surface area contributed by atoms with E-state index in [9.17, 15) is 0 Å². The summed E-state index contributed by atoms with van der Waals surface area (Å²) in [6, 6.07) is 6.61. The Balaban J connectivity index is 2.41. The van der Waals surface area contributed by atoms with E-state index in [2.05, 4.69) is 46.4 Å². The van der Waals surface area contributed by atoms with Gasteiger partial charge in [-0.1, -0.05) is 13.0 Å². The molecule has 0 aliphatic rings. The van der Waals surface area contributed by atoms with Crippen LogP contribution in [0.5, 0.6) is 0 Å². The lowest BCUT2D eigenvalue weighted by molar-refractivity contribution is 0.200. The number of ether oxygens (including phenoxy) is 1. The van der Waals surface area contributed by atoms with E-state index in [1.165, 1.54) is 21.4 Å². The van der Waals surface area contributed by atoms with Crippen LogP contribution in [-0.2, 0) is 11.3 Å². The molecule has 0 unspecified atom stereocenters. The minimum atomic E-state index is 0.837. The van der Waals surface area contributed by atoms with Gasteiger partial charge in [0, 0.05) is 35.4 Å². The Kier molecular flexibility index (Phi) is 8.76. The summed E-state index contributed by atoms with van der Waals surface area (Å²) in [5, 5.41) is 3.41. The van der Waals surface area contributed by atoms with Gasteiger partial charge in [0.2, 0.25) is 0 Å². The van der Waals surface area contributed by atoms with E-state index in [1.807, 2.05) is 11.8 Å². The lowest BCUT2D eigenvalue weighted by Crippen LogP contribution is -2.13. The third-order valence-electron chi connectivity index (χ3n) is 2.50. The molecular formula is C14H22BrNOS. The molecule has 0 aliphatic heterocycles. The molecule has 1 aromatic rings. The molecule has 0 bridgehead atoms. The lowest BCUT2D eigenvalue weighted by Gasteiger charge is -2.08. The minimum Gasteiger partial charge on any atom is -0.385 e. The van der Waals surface area contributed by atoms with Crippen molar-refractivity contribution in [3.8, 4) is 0 Å². The molecule has 102 valence electrons. The zero-order valence-electron chi connectivity index (χ0n) is 11.2. The number of hydrogen-bond donors (Lipinski definition) is 1. The average Bonchev–Trinajstić information content (AvgIpc) is 2.37. The van der Waals surface area contributed by atoms with Crippen molar-refractivity contribution in [3.05, 3.63) is 28.2 Å². The first kappa shape index (κ1) is 16.0. The zero-order chi connectivity index (χ0) is 13.2. The van der Waals surface area contributed by atoms with Crippen LogP contribution in [0.1, 0.15) is 25.3 Å². The first-order valence-corrected chi connectivity index (χ1v) is 8.16. The van der Waals surface area contributed by atoms with E-state index in [0.29, 0.717) is 0 Å². The normalized spacial score (nSPS) is 10.8. The van der Waals surface area contributed by atoms with Crippen LogP contribution >= 0.6 is 27.7 Å². The van der Waals surface area contributed by atoms with Gasteiger partial charge in [-0.3, -0.25) is 0 Å². The van der Waals surface area contributed by atoms with Crippen molar-refractivity contribution >= 4 is 27.7 Å². The van der Waals surface area contributed by atoms with Gasteiger partial charge in [0.1, 0.15) is 0 Å². The van der Waals surface area contributed by atoms with Gasteiger partial charge in [-0.05, 0) is 53.0 Å². The monoisotopic (exact) mass is 331 g/mol. The van der Waals surface area contributed by atoms with E-state index in [1.54, 1.807) is 7.11 Å². The second-order valence-electron chi connectivity index (χ2n) is 4.14. The number of thioether (sulfide) groups is 1. The van der Waals surface area contributed by atoms with Gasteiger partial charge < -0.3 is 10.1 Å². The molecule has 1 N–H and O–H groups in total. The van der Waals surface area contributed by atoms with Crippen molar-refractivity contribution in [1.82, 2.24) is 5.32 Å². The molecule has 0 heterocycles. The van der Waals surface area contributed by atoms with Crippen LogP contribution in [0.4, 0.5) is 0 Å². The Morgan fingerprint density at radius 1 is 1.39 bits per heavy atom. The molecule has 0 radical (unpaired) electrons. The van der Waals surface area contributed by atoms with Crippen LogP contribution in [0.25, 0.3) is 0 Å². The third kappa shape index (κ3) is 6.23. The fourth-order valence-corrected chi connectivity index (χ4v) is 3.18. The summed E-state index contributed by atoms with van der Waals surface area (Å²) in [7, 11) is 1.75. The molecule has 0 aliphatic carbocycles. The summed E-state index contributed by atoms with van der Waals surface area (Å²) < 4.78 is 6.25. The molecule has 4 heteroatoms. The van der Waals surface area contributed by atoms with Gasteiger partial charge in [0.15, 0.2) is 0 Å². The molecule has 0 amide bonds. The summed E-state index contributed by atoms with van der Waals surface area (Å²) in [5.74, 6) is 1.10. The molecule has 0 saturated heterocycles. The van der Waals surface area contributed by atoms with Crippen molar-refractivity contribution in [2.24, 2.45) is 0 Å². The Hall–Kier alpha value is -0.0300. The summed E-state index contributed by atoms with van der Waals surface area (Å²) in [5.41, 5.74) is 1.33. The number of halogens is 1. The standard InChI is InChI=1S/C14H22BrNOS/c1-3-7-16-11-12-5-6-14(13(15)10-12)18-9-4-8-17-2/h5-6,10,16H,3-4,7-9,11H2,1-2H3. The summed E-state index contributed by atoms with van der Waals surface area (Å²) in [4.78, 5) is 1.31. The maximum Gasteiger partial charge on any atom is 0.0470 e. The van der Waals surface area contributed by atoms with Gasteiger partial charge in [0.05, 0.1) is 0 Å². The highest BCUT2D eigenvalue weighted by atomic mass is 79.9. The largest absolute Gasteiger partial charge is 0.385 e. The number of benzene rings is 1. The Morgan fingerprint density at radius 3 is 2.89 bits per heavy atom. The molecule has 0 atom stereocenters. The molecule has 18 heavy (non-hydrogen) atoms. The smallest absolute Gasteiger partial charge is 0.0470 e. The fourth-order valence-electron chi connectivity index (χ4n) is 1.57. The highest BCUT2D eigenvalue weighted by Gasteiger charge is 2.02. The predicted molar refractivity (Wildman–Crippen MR) is 83.4 cm³/mol. The minimum absolute atomic E-state index is 0.837. The predicted octanol–water partition coefficient (Wildman–Crippen LogP) is 4.08. The summed E-state index contributed by atoms with van der Waals surface area (Å²) >= 11 is 5.52. The van der Waals surface area contributed by atoms with Crippen LogP contribution < -0.4 is 5.32 Å². The first-order chi connectivity index (χ1) is 8.77. The second kappa shape index (κ2) is 9.84. The van der Waals surface area contributed by atoms with Gasteiger partial charge in [-0.15, -0.1) is 11.8 Å². The van der Waals surface area contributed by atoms with Crippen LogP contribution in [0.2, 0.25) is 0 Å². The van der Waals surface area contributed by atoms with Crippen LogP contribution in [0, 0.1) is 0 Å². The van der Waals surface area contributed by atoms with E-state index >= 15 is 0 Å². The topological polar surface area (TPSA) is 21.3 Å². The van der Waals surface area contributed by atoms with Gasteiger partial charge in [-0.2, -0.15) is 0 Å².